The van der Waals surface area contributed by atoms with Crippen molar-refractivity contribution in [1.29, 1.82) is 0 Å². The lowest BCUT2D eigenvalue weighted by molar-refractivity contribution is -0.136. The van der Waals surface area contributed by atoms with Crippen molar-refractivity contribution in [2.24, 2.45) is 0 Å². The molecule has 0 radical (unpaired) electrons. The number of aliphatic carboxylic acids is 1. The molecule has 2 amide bonds. The Labute approximate surface area is 227 Å². The molecule has 0 unspecified atom stereocenters. The monoisotopic (exact) mass is 550 g/mol. The van der Waals surface area contributed by atoms with Crippen LogP contribution in [0.5, 0.6) is 5.75 Å². The van der Waals surface area contributed by atoms with E-state index in [1.807, 2.05) is 0 Å². The van der Waals surface area contributed by atoms with Crippen LogP contribution in [0, 0.1) is 6.92 Å². The van der Waals surface area contributed by atoms with Crippen molar-refractivity contribution in [3.63, 3.8) is 0 Å². The van der Waals surface area contributed by atoms with Crippen molar-refractivity contribution in [2.45, 2.75) is 26.7 Å². The molecule has 2 aliphatic heterocycles. The first-order valence-corrected chi connectivity index (χ1v) is 11.9. The predicted molar refractivity (Wildman–Crippen MR) is 142 cm³/mol. The van der Waals surface area contributed by atoms with E-state index in [1.54, 1.807) is 49.4 Å². The second kappa shape index (κ2) is 12.1. The summed E-state index contributed by atoms with van der Waals surface area (Å²) in [6, 6.07) is 14.6. The van der Waals surface area contributed by atoms with Gasteiger partial charge in [-0.1, -0.05) is 29.8 Å². The van der Waals surface area contributed by atoms with Gasteiger partial charge in [-0.2, -0.15) is 0 Å². The summed E-state index contributed by atoms with van der Waals surface area (Å²) in [5.41, 5.74) is 3.91. The van der Waals surface area contributed by atoms with Gasteiger partial charge in [-0.25, -0.2) is 0 Å². The van der Waals surface area contributed by atoms with Gasteiger partial charge in [0.2, 0.25) is 0 Å². The molecule has 4 N–H and O–H groups in total. The van der Waals surface area contributed by atoms with Gasteiger partial charge in [0.15, 0.2) is 0 Å². The van der Waals surface area contributed by atoms with Gasteiger partial charge < -0.3 is 20.8 Å². The molecule has 200 valence electrons. The standard InChI is InChI=1S/C12H14O4.C8H4ClNO2.C8H5NO2/c1-7-3-10(6-12(15)16)11(14)5-9(7)4-8(2)13;9-4-1-2-6-5(3-4)7(11)8(12)10-6;10-7-5-3-1-2-4-6(5)9-8(7)11/h3,5,14H,4,6H2,1-2H3,(H,15,16);1-3H,(H,10,11,12);1-4H,(H,9,10,11). The Kier molecular flexibility index (Phi) is 8.95. The number of amides is 2. The number of carboxylic acid groups (broad SMARTS) is 1. The number of aromatic hydroxyl groups is 1. The number of nitrogens with one attached hydrogen (secondary N) is 2. The highest BCUT2D eigenvalue weighted by molar-refractivity contribution is 6.52. The summed E-state index contributed by atoms with van der Waals surface area (Å²) in [5.74, 6) is -3.14. The summed E-state index contributed by atoms with van der Waals surface area (Å²) in [4.78, 5) is 65.2. The molecule has 3 aromatic rings. The van der Waals surface area contributed by atoms with Gasteiger partial charge in [-0.05, 0) is 61.4 Å². The zero-order valence-electron chi connectivity index (χ0n) is 20.8. The Hall–Kier alpha value is -4.83. The minimum atomic E-state index is -0.992. The van der Waals surface area contributed by atoms with Crippen molar-refractivity contribution in [3.8, 4) is 5.75 Å². The van der Waals surface area contributed by atoms with Gasteiger partial charge in [-0.3, -0.25) is 28.8 Å². The van der Waals surface area contributed by atoms with Crippen LogP contribution in [0.4, 0.5) is 11.4 Å². The van der Waals surface area contributed by atoms with E-state index in [2.05, 4.69) is 10.6 Å². The first kappa shape index (κ1) is 28.7. The lowest BCUT2D eigenvalue weighted by Gasteiger charge is -2.08. The third kappa shape index (κ3) is 7.14. The molecule has 0 atom stereocenters. The summed E-state index contributed by atoms with van der Waals surface area (Å²) in [5, 5.41) is 23.6. The molecular weight excluding hydrogens is 528 g/mol. The summed E-state index contributed by atoms with van der Waals surface area (Å²) in [6.45, 7) is 3.27. The third-order valence-electron chi connectivity index (χ3n) is 5.63. The Morgan fingerprint density at radius 3 is 1.97 bits per heavy atom. The van der Waals surface area contributed by atoms with E-state index in [4.69, 9.17) is 16.7 Å². The predicted octanol–water partition coefficient (Wildman–Crippen LogP) is 3.76. The Morgan fingerprint density at radius 1 is 0.795 bits per heavy atom. The van der Waals surface area contributed by atoms with E-state index in [1.165, 1.54) is 19.1 Å². The maximum absolute atomic E-state index is 11.1. The number of hydrogen-bond donors (Lipinski definition) is 4. The minimum absolute atomic E-state index is 0.00786. The van der Waals surface area contributed by atoms with Gasteiger partial charge in [0, 0.05) is 17.0 Å². The molecule has 0 spiro atoms. The van der Waals surface area contributed by atoms with Gasteiger partial charge in [0.05, 0.1) is 28.9 Å². The fourth-order valence-corrected chi connectivity index (χ4v) is 3.94. The third-order valence-corrected chi connectivity index (χ3v) is 5.86. The molecule has 10 nitrogen and oxygen atoms in total. The Bertz CT molecular complexity index is 1490. The van der Waals surface area contributed by atoms with E-state index in [0.717, 1.165) is 11.1 Å². The number of halogens is 1. The first-order chi connectivity index (χ1) is 18.4. The maximum Gasteiger partial charge on any atom is 0.307 e. The lowest BCUT2D eigenvalue weighted by Crippen LogP contribution is -2.12. The van der Waals surface area contributed by atoms with Crippen LogP contribution in [0.25, 0.3) is 0 Å². The SMILES string of the molecule is CC(=O)Cc1cc(O)c(CC(=O)O)cc1C.O=C1Nc2ccc(Cl)cc2C1=O.O=C1Nc2ccccc2C1=O. The van der Waals surface area contributed by atoms with Gasteiger partial charge in [0.25, 0.3) is 23.4 Å². The number of carbonyl (C=O) groups excluding carboxylic acids is 5. The molecule has 39 heavy (non-hydrogen) atoms. The number of para-hydroxylation sites is 1. The average molecular weight is 551 g/mol. The highest BCUT2D eigenvalue weighted by Gasteiger charge is 2.28. The van der Waals surface area contributed by atoms with Crippen molar-refractivity contribution < 1.29 is 39.0 Å². The summed E-state index contributed by atoms with van der Waals surface area (Å²) in [6.07, 6.45) is 0.0414. The van der Waals surface area contributed by atoms with Gasteiger partial charge in [-0.15, -0.1) is 0 Å². The van der Waals surface area contributed by atoms with Crippen molar-refractivity contribution in [2.75, 3.05) is 10.6 Å². The van der Waals surface area contributed by atoms with Crippen molar-refractivity contribution in [1.82, 2.24) is 0 Å². The quantitative estimate of drug-likeness (QED) is 0.356. The molecule has 3 aromatic carbocycles. The fraction of sp³-hybridized carbons (Fsp3) is 0.143. The van der Waals surface area contributed by atoms with Crippen LogP contribution in [0.2, 0.25) is 5.02 Å². The maximum atomic E-state index is 11.1. The number of phenols is 1. The minimum Gasteiger partial charge on any atom is -0.508 e. The van der Waals surface area contributed by atoms with Crippen molar-refractivity contribution in [3.05, 3.63) is 87.4 Å². The van der Waals surface area contributed by atoms with Crippen LogP contribution in [-0.4, -0.2) is 45.3 Å². The lowest BCUT2D eigenvalue weighted by atomic mass is 9.99. The normalized spacial score (nSPS) is 12.7. The summed E-state index contributed by atoms with van der Waals surface area (Å²) < 4.78 is 0. The van der Waals surface area contributed by atoms with Crippen LogP contribution < -0.4 is 10.6 Å². The number of aryl methyl sites for hydroxylation is 1. The molecule has 2 aliphatic rings. The fourth-order valence-electron chi connectivity index (χ4n) is 3.77. The number of rotatable bonds is 4. The summed E-state index contributed by atoms with van der Waals surface area (Å²) in [7, 11) is 0. The smallest absolute Gasteiger partial charge is 0.307 e. The number of phenolic OH excluding ortho intramolecular Hbond substituents is 1. The Morgan fingerprint density at radius 2 is 1.38 bits per heavy atom. The van der Waals surface area contributed by atoms with Crippen LogP contribution in [-0.2, 0) is 32.0 Å². The van der Waals surface area contributed by atoms with Crippen LogP contribution in [0.3, 0.4) is 0 Å². The molecule has 2 heterocycles. The van der Waals surface area contributed by atoms with Gasteiger partial charge >= 0.3 is 5.97 Å². The van der Waals surface area contributed by atoms with E-state index in [0.29, 0.717) is 33.1 Å². The number of anilines is 2. The molecule has 0 bridgehead atoms. The topological polar surface area (TPSA) is 167 Å². The number of hydrogen-bond acceptors (Lipinski definition) is 7. The van der Waals surface area contributed by atoms with Crippen molar-refractivity contribution >= 4 is 58.1 Å². The first-order valence-electron chi connectivity index (χ1n) is 11.5. The number of Topliss-reactive ketones (excluding diaryl/α,β-unsaturated/α-hetero) is 3. The van der Waals surface area contributed by atoms with E-state index < -0.39 is 29.4 Å². The number of benzene rings is 3. The van der Waals surface area contributed by atoms with E-state index in [9.17, 15) is 33.9 Å². The highest BCUT2D eigenvalue weighted by Crippen LogP contribution is 2.26. The molecule has 11 heteroatoms. The zero-order valence-corrected chi connectivity index (χ0v) is 21.6. The van der Waals surface area contributed by atoms with E-state index >= 15 is 0 Å². The molecule has 0 fully saturated rings. The second-order valence-electron chi connectivity index (χ2n) is 8.66. The van der Waals surface area contributed by atoms with E-state index in [-0.39, 0.29) is 24.4 Å². The zero-order chi connectivity index (χ0) is 28.9. The molecule has 0 aliphatic carbocycles. The number of carbonyl (C=O) groups is 6. The number of carboxylic acids is 1. The molecule has 5 rings (SSSR count). The number of fused-ring (bicyclic) bond motifs is 2. The molecule has 0 saturated carbocycles. The molecular formula is C28H23ClN2O8. The average Bonchev–Trinajstić information content (AvgIpc) is 3.31. The largest absolute Gasteiger partial charge is 0.508 e. The molecule has 0 saturated heterocycles. The second-order valence-corrected chi connectivity index (χ2v) is 9.10. The number of ketones is 3. The Balaban J connectivity index is 0.000000165. The highest BCUT2D eigenvalue weighted by atomic mass is 35.5. The van der Waals surface area contributed by atoms with Gasteiger partial charge in [0.1, 0.15) is 11.5 Å². The van der Waals surface area contributed by atoms with Crippen LogP contribution in [0.15, 0.2) is 54.6 Å². The summed E-state index contributed by atoms with van der Waals surface area (Å²) >= 11 is 5.65. The van der Waals surface area contributed by atoms with Crippen LogP contribution in [0.1, 0.15) is 44.3 Å². The van der Waals surface area contributed by atoms with Crippen LogP contribution >= 0.6 is 11.6 Å². The molecule has 0 aromatic heterocycles.